The second-order valence-corrected chi connectivity index (χ2v) is 12.8. The highest BCUT2D eigenvalue weighted by molar-refractivity contribution is 5.95. The van der Waals surface area contributed by atoms with Crippen LogP contribution < -0.4 is 4.74 Å². The molecule has 6 nitrogen and oxygen atoms in total. The Morgan fingerprint density at radius 1 is 1.02 bits per heavy atom. The number of aliphatic carboxylic acids is 1. The van der Waals surface area contributed by atoms with E-state index in [2.05, 4.69) is 0 Å². The predicted molar refractivity (Wildman–Crippen MR) is 166 cm³/mol. The van der Waals surface area contributed by atoms with Crippen molar-refractivity contribution in [1.82, 2.24) is 4.90 Å². The van der Waals surface area contributed by atoms with Crippen LogP contribution in [-0.4, -0.2) is 34.1 Å². The van der Waals surface area contributed by atoms with Crippen LogP contribution in [0.2, 0.25) is 0 Å². The number of carboxylic acids is 1. The zero-order valence-electron chi connectivity index (χ0n) is 26.4. The molecule has 0 radical (unpaired) electrons. The van der Waals surface area contributed by atoms with Crippen LogP contribution in [0.1, 0.15) is 101 Å². The summed E-state index contributed by atoms with van der Waals surface area (Å²) in [6.45, 7) is 14.1. The van der Waals surface area contributed by atoms with Gasteiger partial charge >= 0.3 is 5.97 Å². The van der Waals surface area contributed by atoms with Crippen LogP contribution in [0.25, 0.3) is 11.6 Å². The molecule has 3 aromatic carbocycles. The van der Waals surface area contributed by atoms with Gasteiger partial charge in [0.1, 0.15) is 5.82 Å². The van der Waals surface area contributed by atoms with Gasteiger partial charge in [-0.05, 0) is 130 Å². The Bertz CT molecular complexity index is 1700. The number of carbonyl (C=O) groups excluding carboxylic acids is 1. The molecule has 0 saturated carbocycles. The predicted octanol–water partition coefficient (Wildman–Crippen LogP) is 7.87. The van der Waals surface area contributed by atoms with E-state index in [9.17, 15) is 19.1 Å². The Balaban J connectivity index is 1.69. The first-order valence-corrected chi connectivity index (χ1v) is 14.9. The van der Waals surface area contributed by atoms with Gasteiger partial charge in [0.15, 0.2) is 17.7 Å². The molecular weight excluding hydrogens is 564 g/mol. The maximum atomic E-state index is 15.2. The fourth-order valence-corrected chi connectivity index (χ4v) is 6.53. The summed E-state index contributed by atoms with van der Waals surface area (Å²) in [4.78, 5) is 27.9. The third kappa shape index (κ3) is 5.87. The molecule has 8 heteroatoms. The van der Waals surface area contributed by atoms with Gasteiger partial charge in [-0.1, -0.05) is 12.1 Å². The summed E-state index contributed by atoms with van der Waals surface area (Å²) in [5, 5.41) is 10.5. The average Bonchev–Trinajstić information content (AvgIpc) is 3.42. The van der Waals surface area contributed by atoms with Crippen LogP contribution in [0.5, 0.6) is 5.75 Å². The number of rotatable bonds is 6. The molecule has 2 aliphatic rings. The fraction of sp³-hybridized carbons (Fsp3) is 0.389. The molecular formula is C36H39F2NO5. The van der Waals surface area contributed by atoms with Gasteiger partial charge < -0.3 is 19.5 Å². The van der Waals surface area contributed by atoms with Crippen molar-refractivity contribution in [2.75, 3.05) is 6.61 Å². The number of fused-ring (bicyclic) bond motifs is 2. The lowest BCUT2D eigenvalue weighted by Crippen LogP contribution is -2.29. The average molecular weight is 604 g/mol. The smallest absolute Gasteiger partial charge is 0.337 e. The molecule has 5 rings (SSSR count). The summed E-state index contributed by atoms with van der Waals surface area (Å²) in [6.07, 6.45) is 2.13. The highest BCUT2D eigenvalue weighted by atomic mass is 19.1. The van der Waals surface area contributed by atoms with E-state index in [4.69, 9.17) is 9.47 Å². The highest BCUT2D eigenvalue weighted by Crippen LogP contribution is 2.43. The van der Waals surface area contributed by atoms with Crippen LogP contribution in [0.15, 0.2) is 30.3 Å². The van der Waals surface area contributed by atoms with Gasteiger partial charge in [0, 0.05) is 29.8 Å². The van der Waals surface area contributed by atoms with Crippen molar-refractivity contribution >= 4 is 23.5 Å². The number of amides is 1. The lowest BCUT2D eigenvalue weighted by atomic mass is 9.82. The van der Waals surface area contributed by atoms with Gasteiger partial charge in [-0.3, -0.25) is 4.79 Å². The van der Waals surface area contributed by atoms with Gasteiger partial charge in [0.25, 0.3) is 5.91 Å². The number of hydrogen-bond donors (Lipinski definition) is 1. The van der Waals surface area contributed by atoms with Crippen molar-refractivity contribution in [2.45, 2.75) is 86.1 Å². The molecule has 0 fully saturated rings. The molecule has 1 amide bonds. The molecule has 0 saturated heterocycles. The number of carbonyl (C=O) groups is 2. The Morgan fingerprint density at radius 2 is 1.70 bits per heavy atom. The third-order valence-corrected chi connectivity index (χ3v) is 8.58. The number of allylic oxidation sites excluding steroid dienone is 1. The Labute approximate surface area is 257 Å². The van der Waals surface area contributed by atoms with Gasteiger partial charge in [-0.25, -0.2) is 13.6 Å². The zero-order chi connectivity index (χ0) is 32.1. The minimum atomic E-state index is -1.29. The van der Waals surface area contributed by atoms with Gasteiger partial charge in [0.05, 0.1) is 12.2 Å². The Hall–Kier alpha value is -4.04. The highest BCUT2D eigenvalue weighted by Gasteiger charge is 2.36. The van der Waals surface area contributed by atoms with E-state index in [1.54, 1.807) is 11.0 Å². The van der Waals surface area contributed by atoms with Crippen LogP contribution in [-0.2, 0) is 29.0 Å². The number of halogens is 2. The quantitative estimate of drug-likeness (QED) is 0.290. The molecule has 44 heavy (non-hydrogen) atoms. The monoisotopic (exact) mass is 603 g/mol. The van der Waals surface area contributed by atoms with Crippen LogP contribution in [0, 0.1) is 32.4 Å². The lowest BCUT2D eigenvalue weighted by Gasteiger charge is -2.30. The van der Waals surface area contributed by atoms with Crippen LogP contribution in [0.4, 0.5) is 8.78 Å². The maximum Gasteiger partial charge on any atom is 0.337 e. The summed E-state index contributed by atoms with van der Waals surface area (Å²) < 4.78 is 40.9. The number of benzene rings is 3. The number of hydrogen-bond acceptors (Lipinski definition) is 4. The van der Waals surface area contributed by atoms with E-state index >= 15 is 4.39 Å². The van der Waals surface area contributed by atoms with Crippen molar-refractivity contribution < 1.29 is 33.0 Å². The molecule has 0 aromatic heterocycles. The summed E-state index contributed by atoms with van der Waals surface area (Å²) >= 11 is 0. The molecule has 0 spiro atoms. The minimum absolute atomic E-state index is 0.248. The van der Waals surface area contributed by atoms with Gasteiger partial charge in [-0.15, -0.1) is 0 Å². The first-order chi connectivity index (χ1) is 20.7. The van der Waals surface area contributed by atoms with Crippen molar-refractivity contribution in [3.05, 3.63) is 97.6 Å². The van der Waals surface area contributed by atoms with E-state index in [-0.39, 0.29) is 18.0 Å². The van der Waals surface area contributed by atoms with E-state index in [0.29, 0.717) is 35.6 Å². The molecule has 0 aliphatic carbocycles. The number of ether oxygens (including phenoxy) is 2. The molecule has 232 valence electrons. The summed E-state index contributed by atoms with van der Waals surface area (Å²) in [7, 11) is 0. The zero-order valence-corrected chi connectivity index (χ0v) is 26.4. The third-order valence-electron chi connectivity index (χ3n) is 8.58. The standard InChI is InChI=1S/C36H39F2NO5/c1-19(14-24-16-29(38)32-26(20(24)2)12-9-13-43-32)30-21(3)27-17-39(34(40)23-10-8-11-25(37)15-23)18-28(27)22(4)31(30)33(35(41)42)44-36(5,6)7/h8,10-11,14-16,33H,9,12-13,17-18H2,1-7H3,(H,41,42)/t33-/m0/s1. The largest absolute Gasteiger partial charge is 0.490 e. The van der Waals surface area contributed by atoms with E-state index in [0.717, 1.165) is 51.8 Å². The first-order valence-electron chi connectivity index (χ1n) is 14.9. The van der Waals surface area contributed by atoms with Crippen LogP contribution >= 0.6 is 0 Å². The van der Waals surface area contributed by atoms with E-state index < -0.39 is 29.3 Å². The van der Waals surface area contributed by atoms with Crippen LogP contribution in [0.3, 0.4) is 0 Å². The summed E-state index contributed by atoms with van der Waals surface area (Å²) in [6, 6.07) is 7.07. The molecule has 0 bridgehead atoms. The van der Waals surface area contributed by atoms with Crippen molar-refractivity contribution in [3.8, 4) is 5.75 Å². The van der Waals surface area contributed by atoms with Gasteiger partial charge in [0.2, 0.25) is 0 Å². The maximum absolute atomic E-state index is 15.2. The Morgan fingerprint density at radius 3 is 2.34 bits per heavy atom. The molecule has 2 heterocycles. The minimum Gasteiger partial charge on any atom is -0.490 e. The number of nitrogens with zero attached hydrogens (tertiary/aromatic N) is 1. The lowest BCUT2D eigenvalue weighted by molar-refractivity contribution is -0.160. The molecule has 2 aliphatic heterocycles. The van der Waals surface area contributed by atoms with Crippen molar-refractivity contribution in [1.29, 1.82) is 0 Å². The van der Waals surface area contributed by atoms with Gasteiger partial charge in [-0.2, -0.15) is 0 Å². The molecule has 3 aromatic rings. The molecule has 1 N–H and O–H groups in total. The SMILES string of the molecule is CC(=Cc1cc(F)c2c(c1C)CCCO2)c1c(C)c2c(c(C)c1[C@H](OC(C)(C)C)C(=O)O)CN(C(=O)c1cccc(F)c1)C2. The molecule has 0 unspecified atom stereocenters. The first kappa shape index (κ1) is 31.4. The van der Waals surface area contributed by atoms with E-state index in [1.807, 2.05) is 54.5 Å². The summed E-state index contributed by atoms with van der Waals surface area (Å²) in [5.41, 5.74) is 7.23. The fourth-order valence-electron chi connectivity index (χ4n) is 6.53. The summed E-state index contributed by atoms with van der Waals surface area (Å²) in [5.74, 6) is -2.04. The second-order valence-electron chi connectivity index (χ2n) is 12.8. The molecule has 1 atom stereocenters. The second kappa shape index (κ2) is 11.8. The van der Waals surface area contributed by atoms with E-state index in [1.165, 1.54) is 24.3 Å². The van der Waals surface area contributed by atoms with Crippen molar-refractivity contribution in [3.63, 3.8) is 0 Å². The number of carboxylic acid groups (broad SMARTS) is 1. The topological polar surface area (TPSA) is 76.1 Å². The van der Waals surface area contributed by atoms with Crippen molar-refractivity contribution in [2.24, 2.45) is 0 Å². The normalized spacial score (nSPS) is 15.5. The Kier molecular flexibility index (Phi) is 8.42.